The van der Waals surface area contributed by atoms with Gasteiger partial charge in [-0.2, -0.15) is 0 Å². The van der Waals surface area contributed by atoms with Crippen molar-refractivity contribution < 1.29 is 10.2 Å². The lowest BCUT2D eigenvalue weighted by molar-refractivity contribution is -0.0965. The molecule has 0 aromatic heterocycles. The van der Waals surface area contributed by atoms with Crippen LogP contribution in [0.25, 0.3) is 0 Å². The maximum Gasteiger partial charge on any atom is 0.196 e. The molecule has 6 aliphatic rings. The fraction of sp³-hybridized carbons (Fsp3) is 0.815. The van der Waals surface area contributed by atoms with E-state index in [9.17, 15) is 10.2 Å². The SMILES string of the molecule is CC12CCC(O)CC1=CC=C1C2CCC2(C)C1CCC2(O)CN1CCCN2CCCN=C21. The van der Waals surface area contributed by atoms with E-state index in [1.54, 1.807) is 5.57 Å². The molecule has 176 valence electrons. The van der Waals surface area contributed by atoms with Crippen LogP contribution < -0.4 is 0 Å². The van der Waals surface area contributed by atoms with E-state index in [2.05, 4.69) is 35.8 Å². The summed E-state index contributed by atoms with van der Waals surface area (Å²) < 4.78 is 0. The van der Waals surface area contributed by atoms with E-state index in [0.29, 0.717) is 11.8 Å². The molecule has 6 unspecified atom stereocenters. The molecule has 5 nitrogen and oxygen atoms in total. The number of aliphatic hydroxyl groups excluding tert-OH is 1. The zero-order chi connectivity index (χ0) is 22.1. The lowest BCUT2D eigenvalue weighted by Gasteiger charge is -2.56. The number of fused-ring (bicyclic) bond motifs is 6. The Morgan fingerprint density at radius 2 is 1.81 bits per heavy atom. The minimum Gasteiger partial charge on any atom is -0.393 e. The topological polar surface area (TPSA) is 59.3 Å². The largest absolute Gasteiger partial charge is 0.393 e. The van der Waals surface area contributed by atoms with E-state index >= 15 is 0 Å². The minimum absolute atomic E-state index is 0.0667. The van der Waals surface area contributed by atoms with Gasteiger partial charge in [0.15, 0.2) is 5.96 Å². The van der Waals surface area contributed by atoms with Crippen LogP contribution in [0.3, 0.4) is 0 Å². The molecule has 2 N–H and O–H groups in total. The van der Waals surface area contributed by atoms with Gasteiger partial charge in [-0.3, -0.25) is 4.99 Å². The fourth-order valence-electron chi connectivity index (χ4n) is 8.52. The molecule has 0 radical (unpaired) electrons. The Morgan fingerprint density at radius 3 is 2.69 bits per heavy atom. The Balaban J connectivity index is 1.28. The summed E-state index contributed by atoms with van der Waals surface area (Å²) in [7, 11) is 0. The van der Waals surface area contributed by atoms with E-state index in [1.165, 1.54) is 12.0 Å². The second-order valence-electron chi connectivity index (χ2n) is 12.1. The van der Waals surface area contributed by atoms with Crippen LogP contribution in [0.4, 0.5) is 0 Å². The van der Waals surface area contributed by atoms with Gasteiger partial charge in [0.05, 0.1) is 18.2 Å². The summed E-state index contributed by atoms with van der Waals surface area (Å²) in [5, 5.41) is 22.5. The molecule has 4 fully saturated rings. The molecule has 6 rings (SSSR count). The summed E-state index contributed by atoms with van der Waals surface area (Å²) >= 11 is 0. The van der Waals surface area contributed by atoms with Crippen molar-refractivity contribution in [1.29, 1.82) is 0 Å². The van der Waals surface area contributed by atoms with Crippen molar-refractivity contribution in [2.45, 2.75) is 83.3 Å². The summed E-state index contributed by atoms with van der Waals surface area (Å²) in [5.74, 6) is 2.21. The van der Waals surface area contributed by atoms with Crippen molar-refractivity contribution >= 4 is 5.96 Å². The molecule has 32 heavy (non-hydrogen) atoms. The first-order chi connectivity index (χ1) is 15.3. The molecule has 0 aromatic carbocycles. The smallest absolute Gasteiger partial charge is 0.196 e. The second kappa shape index (κ2) is 7.33. The van der Waals surface area contributed by atoms with Crippen LogP contribution in [0.5, 0.6) is 0 Å². The molecular formula is C27H41N3O2. The normalized spacial score (nSPS) is 45.8. The highest BCUT2D eigenvalue weighted by molar-refractivity contribution is 5.81. The molecule has 4 aliphatic carbocycles. The summed E-state index contributed by atoms with van der Waals surface area (Å²) in [6.07, 6.45) is 14.0. The molecule has 5 heteroatoms. The summed E-state index contributed by atoms with van der Waals surface area (Å²) in [6.45, 7) is 9.76. The van der Waals surface area contributed by atoms with Crippen LogP contribution in [0.15, 0.2) is 28.3 Å². The maximum atomic E-state index is 12.2. The minimum atomic E-state index is -0.653. The predicted molar refractivity (Wildman–Crippen MR) is 127 cm³/mol. The van der Waals surface area contributed by atoms with Crippen LogP contribution in [-0.4, -0.2) is 70.4 Å². The van der Waals surface area contributed by atoms with Crippen molar-refractivity contribution in [3.63, 3.8) is 0 Å². The van der Waals surface area contributed by atoms with Gasteiger partial charge in [-0.25, -0.2) is 0 Å². The number of hydrogen-bond donors (Lipinski definition) is 2. The molecule has 2 heterocycles. The third-order valence-electron chi connectivity index (χ3n) is 10.6. The van der Waals surface area contributed by atoms with Crippen LogP contribution in [0.2, 0.25) is 0 Å². The lowest BCUT2D eigenvalue weighted by Crippen LogP contribution is -2.60. The van der Waals surface area contributed by atoms with Crippen molar-refractivity contribution in [2.75, 3.05) is 32.7 Å². The number of hydrogen-bond acceptors (Lipinski definition) is 5. The lowest BCUT2D eigenvalue weighted by atomic mass is 9.50. The summed E-state index contributed by atoms with van der Waals surface area (Å²) in [6, 6.07) is 0. The second-order valence-corrected chi connectivity index (χ2v) is 12.1. The maximum absolute atomic E-state index is 12.2. The molecule has 0 bridgehead atoms. The van der Waals surface area contributed by atoms with E-state index in [0.717, 1.165) is 90.0 Å². The van der Waals surface area contributed by atoms with E-state index < -0.39 is 5.60 Å². The van der Waals surface area contributed by atoms with Gasteiger partial charge < -0.3 is 20.0 Å². The molecular weight excluding hydrogens is 398 g/mol. The molecule has 2 aliphatic heterocycles. The van der Waals surface area contributed by atoms with Crippen molar-refractivity contribution in [3.8, 4) is 0 Å². The predicted octanol–water partition coefficient (Wildman–Crippen LogP) is 3.73. The van der Waals surface area contributed by atoms with E-state index in [-0.39, 0.29) is 16.9 Å². The Morgan fingerprint density at radius 1 is 1.00 bits per heavy atom. The van der Waals surface area contributed by atoms with Gasteiger partial charge in [-0.1, -0.05) is 37.1 Å². The highest BCUT2D eigenvalue weighted by Gasteiger charge is 2.62. The van der Waals surface area contributed by atoms with Gasteiger partial charge in [-0.15, -0.1) is 0 Å². The number of guanidine groups is 1. The molecule has 0 spiro atoms. The zero-order valence-corrected chi connectivity index (χ0v) is 20.0. The van der Waals surface area contributed by atoms with Crippen LogP contribution in [-0.2, 0) is 0 Å². The highest BCUT2D eigenvalue weighted by atomic mass is 16.3. The van der Waals surface area contributed by atoms with Crippen LogP contribution >= 0.6 is 0 Å². The third kappa shape index (κ3) is 2.92. The first-order valence-electron chi connectivity index (χ1n) is 13.2. The quantitative estimate of drug-likeness (QED) is 0.688. The highest BCUT2D eigenvalue weighted by Crippen LogP contribution is 2.66. The number of allylic oxidation sites excluding steroid dienone is 3. The van der Waals surface area contributed by atoms with Gasteiger partial charge in [-0.05, 0) is 75.0 Å². The van der Waals surface area contributed by atoms with Crippen LogP contribution in [0, 0.1) is 22.7 Å². The van der Waals surface area contributed by atoms with Crippen molar-refractivity contribution in [3.05, 3.63) is 23.3 Å². The van der Waals surface area contributed by atoms with Crippen LogP contribution in [0.1, 0.15) is 71.6 Å². The summed E-state index contributed by atoms with van der Waals surface area (Å²) in [4.78, 5) is 9.73. The molecule has 0 amide bonds. The molecule has 6 atom stereocenters. The number of rotatable bonds is 2. The Bertz CT molecular complexity index is 880. The Labute approximate surface area is 193 Å². The summed E-state index contributed by atoms with van der Waals surface area (Å²) in [5.41, 5.74) is 2.55. The average molecular weight is 440 g/mol. The standard InChI is InChI=1S/C27H41N3O2/c1-25-10-7-20(31)17-19(25)5-6-21-22(25)8-11-26(2)23(21)9-12-27(26,32)18-30-16-4-15-29-14-3-13-28-24(29)30/h5-6,20,22-23,31-32H,3-4,7-18H2,1-2H3. The first kappa shape index (κ1) is 21.2. The average Bonchev–Trinajstić information content (AvgIpc) is 3.05. The number of aliphatic hydroxyl groups is 2. The number of β-amino-alcohol motifs (C(OH)–C–C–N with tert-alkyl or cyclic N) is 1. The number of aliphatic imine (C=N–C) groups is 1. The zero-order valence-electron chi connectivity index (χ0n) is 20.0. The van der Waals surface area contributed by atoms with E-state index in [1.807, 2.05) is 0 Å². The van der Waals surface area contributed by atoms with Gasteiger partial charge >= 0.3 is 0 Å². The van der Waals surface area contributed by atoms with Gasteiger partial charge in [0.2, 0.25) is 0 Å². The van der Waals surface area contributed by atoms with E-state index in [4.69, 9.17) is 4.99 Å². The number of nitrogens with zero attached hydrogens (tertiary/aromatic N) is 3. The van der Waals surface area contributed by atoms with Gasteiger partial charge in [0.25, 0.3) is 0 Å². The van der Waals surface area contributed by atoms with Crippen molar-refractivity contribution in [1.82, 2.24) is 9.80 Å². The van der Waals surface area contributed by atoms with Gasteiger partial charge in [0, 0.05) is 31.6 Å². The molecule has 1 saturated heterocycles. The van der Waals surface area contributed by atoms with Gasteiger partial charge in [0.1, 0.15) is 0 Å². The molecule has 0 aromatic rings. The van der Waals surface area contributed by atoms with Crippen molar-refractivity contribution in [2.24, 2.45) is 27.7 Å². The Hall–Kier alpha value is -1.33. The fourth-order valence-corrected chi connectivity index (χ4v) is 8.52. The monoisotopic (exact) mass is 439 g/mol. The Kier molecular flexibility index (Phi) is 4.86. The third-order valence-corrected chi connectivity index (χ3v) is 10.6. The first-order valence-corrected chi connectivity index (χ1v) is 13.2. The molecule has 3 saturated carbocycles.